The molecule has 2 heterocycles. The van der Waals surface area contributed by atoms with Crippen molar-refractivity contribution < 1.29 is 9.18 Å². The Morgan fingerprint density at radius 3 is 2.48 bits per heavy atom. The van der Waals surface area contributed by atoms with Crippen molar-refractivity contribution in [1.82, 2.24) is 14.8 Å². The summed E-state index contributed by atoms with van der Waals surface area (Å²) in [6.45, 7) is 0. The Morgan fingerprint density at radius 2 is 1.81 bits per heavy atom. The first-order valence-electron chi connectivity index (χ1n) is 10.0. The van der Waals surface area contributed by atoms with E-state index >= 15 is 0 Å². The molecule has 1 atom stereocenters. The van der Waals surface area contributed by atoms with Crippen LogP contribution in [0, 0.1) is 23.6 Å². The lowest BCUT2D eigenvalue weighted by atomic mass is 9.49. The molecule has 0 radical (unpaired) electrons. The average Bonchev–Trinajstić information content (AvgIpc) is 3.06. The van der Waals surface area contributed by atoms with Gasteiger partial charge >= 0.3 is 0 Å². The summed E-state index contributed by atoms with van der Waals surface area (Å²) in [7, 11) is 0. The maximum Gasteiger partial charge on any atom is 0.250 e. The number of carbonyl (C=O) groups excluding carboxylic acids is 1. The molecular weight excluding hydrogens is 361 g/mol. The van der Waals surface area contributed by atoms with Gasteiger partial charge in [-0.2, -0.15) is 4.68 Å². The number of rotatable bonds is 2. The number of hydrogen-bond donors (Lipinski definition) is 0. The fourth-order valence-corrected chi connectivity index (χ4v) is 7.60. The van der Waals surface area contributed by atoms with Gasteiger partial charge in [-0.3, -0.25) is 4.79 Å². The topological polar surface area (TPSA) is 47.8 Å². The molecule has 1 aromatic carbocycles. The monoisotopic (exact) mass is 383 g/mol. The van der Waals surface area contributed by atoms with Crippen molar-refractivity contribution in [1.29, 1.82) is 0 Å². The second-order valence-corrected chi connectivity index (χ2v) is 10.3. The molecule has 0 spiro atoms. The third-order valence-corrected chi connectivity index (χ3v) is 8.35. The Bertz CT molecular complexity index is 904. The fraction of sp³-hybridized carbons (Fsp3) is 0.571. The summed E-state index contributed by atoms with van der Waals surface area (Å²) in [6.07, 6.45) is 8.04. The largest absolute Gasteiger partial charge is 0.272 e. The standard InChI is InChI=1S/C21H22FN3OS/c22-16-3-1-2-15(7-16)17-8-18(26)25-20(27-17)23-19(24-25)21-9-12-4-13(10-21)6-14(5-12)11-21/h1-3,7,12-14,17H,4-6,8-11H2. The van der Waals surface area contributed by atoms with Gasteiger partial charge in [0.2, 0.25) is 0 Å². The number of thioether (sulfide) groups is 1. The molecule has 5 aliphatic rings. The molecule has 27 heavy (non-hydrogen) atoms. The van der Waals surface area contributed by atoms with E-state index in [1.807, 2.05) is 6.07 Å². The summed E-state index contributed by atoms with van der Waals surface area (Å²) < 4.78 is 15.1. The minimum Gasteiger partial charge on any atom is -0.272 e. The van der Waals surface area contributed by atoms with E-state index in [1.54, 1.807) is 17.8 Å². The maximum atomic E-state index is 13.6. The highest BCUT2D eigenvalue weighted by Gasteiger charge is 2.54. The SMILES string of the molecule is O=C1CC(c2cccc(F)c2)Sc2nc(C34CC5CC(CC(C5)C3)C4)nn21. The van der Waals surface area contributed by atoms with Gasteiger partial charge in [0, 0.05) is 17.1 Å². The third-order valence-electron chi connectivity index (χ3n) is 7.15. The summed E-state index contributed by atoms with van der Waals surface area (Å²) >= 11 is 1.55. The van der Waals surface area contributed by atoms with Crippen molar-refractivity contribution in [2.75, 3.05) is 0 Å². The molecule has 2 aromatic rings. The van der Waals surface area contributed by atoms with E-state index in [0.29, 0.717) is 11.6 Å². The smallest absolute Gasteiger partial charge is 0.250 e. The molecule has 4 aliphatic carbocycles. The second kappa shape index (κ2) is 5.66. The molecule has 4 fully saturated rings. The lowest BCUT2D eigenvalue weighted by Gasteiger charge is -2.55. The zero-order valence-electron chi connectivity index (χ0n) is 15.1. The van der Waals surface area contributed by atoms with Gasteiger partial charge in [-0.25, -0.2) is 9.37 Å². The summed E-state index contributed by atoms with van der Waals surface area (Å²) in [5, 5.41) is 5.33. The van der Waals surface area contributed by atoms with Gasteiger partial charge < -0.3 is 0 Å². The number of hydrogen-bond acceptors (Lipinski definition) is 4. The average molecular weight is 383 g/mol. The number of benzene rings is 1. The lowest BCUT2D eigenvalue weighted by Crippen LogP contribution is -2.49. The quantitative estimate of drug-likeness (QED) is 0.750. The van der Waals surface area contributed by atoms with Crippen LogP contribution in [-0.2, 0) is 5.41 Å². The Hall–Kier alpha value is -1.69. The molecule has 6 heteroatoms. The highest BCUT2D eigenvalue weighted by Crippen LogP contribution is 2.60. The molecule has 0 N–H and O–H groups in total. The molecule has 7 rings (SSSR count). The van der Waals surface area contributed by atoms with Crippen molar-refractivity contribution in [3.05, 3.63) is 41.5 Å². The van der Waals surface area contributed by atoms with Crippen LogP contribution in [0.15, 0.2) is 29.4 Å². The summed E-state index contributed by atoms with van der Waals surface area (Å²) in [4.78, 5) is 17.6. The van der Waals surface area contributed by atoms with Crippen LogP contribution in [-0.4, -0.2) is 20.7 Å². The molecule has 1 aliphatic heterocycles. The van der Waals surface area contributed by atoms with Gasteiger partial charge in [0.25, 0.3) is 5.91 Å². The number of halogens is 1. The van der Waals surface area contributed by atoms with Crippen molar-refractivity contribution in [2.24, 2.45) is 17.8 Å². The first-order valence-corrected chi connectivity index (χ1v) is 10.9. The molecule has 140 valence electrons. The van der Waals surface area contributed by atoms with Crippen LogP contribution in [0.5, 0.6) is 0 Å². The van der Waals surface area contributed by atoms with E-state index in [-0.39, 0.29) is 22.4 Å². The van der Waals surface area contributed by atoms with Crippen LogP contribution in [0.4, 0.5) is 4.39 Å². The predicted octanol–water partition coefficient (Wildman–Crippen LogP) is 4.76. The molecule has 4 saturated carbocycles. The van der Waals surface area contributed by atoms with Gasteiger partial charge in [0.05, 0.1) is 0 Å². The van der Waals surface area contributed by atoms with E-state index in [2.05, 4.69) is 0 Å². The van der Waals surface area contributed by atoms with Crippen molar-refractivity contribution in [2.45, 2.75) is 60.8 Å². The maximum absolute atomic E-state index is 13.6. The molecule has 4 bridgehead atoms. The molecular formula is C21H22FN3OS. The highest BCUT2D eigenvalue weighted by atomic mass is 32.2. The minimum atomic E-state index is -0.262. The van der Waals surface area contributed by atoms with Crippen LogP contribution in [0.3, 0.4) is 0 Å². The molecule has 0 amide bonds. The third kappa shape index (κ3) is 2.52. The Labute approximate surface area is 161 Å². The van der Waals surface area contributed by atoms with Crippen molar-refractivity contribution >= 4 is 17.7 Å². The number of nitrogens with zero attached hydrogens (tertiary/aromatic N) is 3. The van der Waals surface area contributed by atoms with E-state index in [0.717, 1.165) is 29.1 Å². The normalized spacial score (nSPS) is 36.9. The first-order chi connectivity index (χ1) is 13.1. The van der Waals surface area contributed by atoms with Gasteiger partial charge in [0.15, 0.2) is 11.0 Å². The van der Waals surface area contributed by atoms with E-state index < -0.39 is 0 Å². The van der Waals surface area contributed by atoms with Gasteiger partial charge in [-0.15, -0.1) is 5.10 Å². The van der Waals surface area contributed by atoms with Crippen LogP contribution in [0.1, 0.15) is 66.4 Å². The van der Waals surface area contributed by atoms with Crippen LogP contribution in [0.25, 0.3) is 0 Å². The zero-order chi connectivity index (χ0) is 18.2. The van der Waals surface area contributed by atoms with Crippen LogP contribution < -0.4 is 0 Å². The van der Waals surface area contributed by atoms with Gasteiger partial charge in [-0.05, 0) is 74.0 Å². The Morgan fingerprint density at radius 1 is 1.11 bits per heavy atom. The van der Waals surface area contributed by atoms with Crippen LogP contribution >= 0.6 is 11.8 Å². The van der Waals surface area contributed by atoms with E-state index in [4.69, 9.17) is 10.1 Å². The molecule has 0 saturated heterocycles. The van der Waals surface area contributed by atoms with Crippen molar-refractivity contribution in [3.8, 4) is 0 Å². The zero-order valence-corrected chi connectivity index (χ0v) is 15.9. The fourth-order valence-electron chi connectivity index (χ4n) is 6.45. The van der Waals surface area contributed by atoms with Gasteiger partial charge in [0.1, 0.15) is 5.82 Å². The van der Waals surface area contributed by atoms with Crippen molar-refractivity contribution in [3.63, 3.8) is 0 Å². The first kappa shape index (κ1) is 16.3. The summed E-state index contributed by atoms with van der Waals surface area (Å²) in [6, 6.07) is 6.55. The lowest BCUT2D eigenvalue weighted by molar-refractivity contribution is -0.00944. The Balaban J connectivity index is 1.35. The van der Waals surface area contributed by atoms with Gasteiger partial charge in [-0.1, -0.05) is 23.9 Å². The highest BCUT2D eigenvalue weighted by molar-refractivity contribution is 7.99. The molecule has 4 nitrogen and oxygen atoms in total. The summed E-state index contributed by atoms with van der Waals surface area (Å²) in [5.74, 6) is 3.07. The number of aromatic nitrogens is 3. The number of carbonyl (C=O) groups is 1. The van der Waals surface area contributed by atoms with Crippen LogP contribution in [0.2, 0.25) is 0 Å². The van der Waals surface area contributed by atoms with E-state index in [1.165, 1.54) is 55.3 Å². The molecule has 1 aromatic heterocycles. The molecule has 1 unspecified atom stereocenters. The second-order valence-electron chi connectivity index (χ2n) is 9.09. The Kier molecular flexibility index (Phi) is 3.41. The summed E-state index contributed by atoms with van der Waals surface area (Å²) in [5.41, 5.74) is 0.938. The van der Waals surface area contributed by atoms with E-state index in [9.17, 15) is 9.18 Å². The number of fused-ring (bicyclic) bond motifs is 1. The predicted molar refractivity (Wildman–Crippen MR) is 100 cm³/mol. The minimum absolute atomic E-state index is 0.0264.